The highest BCUT2D eigenvalue weighted by molar-refractivity contribution is 4.79. The molecule has 1 atom stereocenters. The third-order valence-corrected chi connectivity index (χ3v) is 2.98. The fourth-order valence-electron chi connectivity index (χ4n) is 2.11. The van der Waals surface area contributed by atoms with Crippen LogP contribution in [0.2, 0.25) is 0 Å². The zero-order chi connectivity index (χ0) is 9.78. The second-order valence-electron chi connectivity index (χ2n) is 4.78. The minimum atomic E-state index is 0.367. The zero-order valence-electron chi connectivity index (χ0n) is 9.35. The van der Waals surface area contributed by atoms with E-state index in [1.165, 1.54) is 12.8 Å². The highest BCUT2D eigenvalue weighted by Gasteiger charge is 2.28. The fourth-order valence-corrected chi connectivity index (χ4v) is 2.11. The summed E-state index contributed by atoms with van der Waals surface area (Å²) in [5, 5.41) is 0. The summed E-state index contributed by atoms with van der Waals surface area (Å²) in [5.41, 5.74) is 6.18. The van der Waals surface area contributed by atoms with Crippen molar-refractivity contribution in [3.8, 4) is 0 Å². The molecule has 0 aromatic carbocycles. The van der Waals surface area contributed by atoms with Crippen LogP contribution in [-0.2, 0) is 0 Å². The number of hydrogen-bond donors (Lipinski definition) is 1. The van der Waals surface area contributed by atoms with Crippen LogP contribution in [0.5, 0.6) is 0 Å². The molecule has 0 heterocycles. The molecule has 12 heavy (non-hydrogen) atoms. The average molecular weight is 171 g/mol. The van der Waals surface area contributed by atoms with Gasteiger partial charge in [-0.3, -0.25) is 0 Å². The first-order valence-corrected chi connectivity index (χ1v) is 5.17. The van der Waals surface area contributed by atoms with Crippen LogP contribution in [0.25, 0.3) is 0 Å². The Labute approximate surface area is 77.7 Å². The first-order chi connectivity index (χ1) is 5.47. The van der Waals surface area contributed by atoms with Gasteiger partial charge in [-0.2, -0.15) is 0 Å². The summed E-state index contributed by atoms with van der Waals surface area (Å²) in [5.74, 6) is 1.47. The van der Waals surface area contributed by atoms with Gasteiger partial charge in [0, 0.05) is 0 Å². The van der Waals surface area contributed by atoms with E-state index in [0.717, 1.165) is 12.5 Å². The fraction of sp³-hybridized carbons (Fsp3) is 1.00. The van der Waals surface area contributed by atoms with Crippen molar-refractivity contribution in [1.29, 1.82) is 0 Å². The van der Waals surface area contributed by atoms with Gasteiger partial charge in [-0.15, -0.1) is 0 Å². The molecule has 0 aliphatic rings. The van der Waals surface area contributed by atoms with E-state index in [0.29, 0.717) is 11.3 Å². The number of rotatable bonds is 4. The monoisotopic (exact) mass is 171 g/mol. The Kier molecular flexibility index (Phi) is 4.84. The molecular weight excluding hydrogens is 146 g/mol. The second kappa shape index (κ2) is 4.86. The third kappa shape index (κ3) is 3.14. The maximum Gasteiger partial charge on any atom is -0.00412 e. The van der Waals surface area contributed by atoms with Gasteiger partial charge in [-0.05, 0) is 23.8 Å². The molecule has 1 unspecified atom stereocenters. The van der Waals surface area contributed by atoms with Gasteiger partial charge in [0.25, 0.3) is 0 Å². The predicted molar refractivity (Wildman–Crippen MR) is 56.1 cm³/mol. The molecule has 1 heteroatoms. The summed E-state index contributed by atoms with van der Waals surface area (Å²) in [6.07, 6.45) is 2.52. The van der Waals surface area contributed by atoms with Gasteiger partial charge < -0.3 is 5.73 Å². The summed E-state index contributed by atoms with van der Waals surface area (Å²) in [6, 6.07) is 0. The normalized spacial score (nSPS) is 15.2. The summed E-state index contributed by atoms with van der Waals surface area (Å²) in [6.45, 7) is 12.2. The quantitative estimate of drug-likeness (QED) is 0.691. The maximum absolute atomic E-state index is 5.81. The van der Waals surface area contributed by atoms with Gasteiger partial charge in [0.05, 0.1) is 0 Å². The van der Waals surface area contributed by atoms with Crippen LogP contribution in [0.4, 0.5) is 0 Å². The first kappa shape index (κ1) is 12.0. The van der Waals surface area contributed by atoms with Crippen molar-refractivity contribution in [3.63, 3.8) is 0 Å². The standard InChI is InChI=1S/C11H25N/c1-6-9(7-2)10(8-12)11(3,4)5/h9-10H,6-8,12H2,1-5H3. The molecule has 1 nitrogen and oxygen atoms in total. The molecule has 0 aliphatic heterocycles. The van der Waals surface area contributed by atoms with E-state index in [4.69, 9.17) is 5.73 Å². The van der Waals surface area contributed by atoms with Crippen molar-refractivity contribution in [3.05, 3.63) is 0 Å². The van der Waals surface area contributed by atoms with Crippen LogP contribution in [0.15, 0.2) is 0 Å². The summed E-state index contributed by atoms with van der Waals surface area (Å²) in [7, 11) is 0. The van der Waals surface area contributed by atoms with Crippen LogP contribution >= 0.6 is 0 Å². The lowest BCUT2D eigenvalue weighted by molar-refractivity contribution is 0.156. The van der Waals surface area contributed by atoms with Crippen molar-refractivity contribution < 1.29 is 0 Å². The van der Waals surface area contributed by atoms with E-state index >= 15 is 0 Å². The van der Waals surface area contributed by atoms with Crippen LogP contribution in [-0.4, -0.2) is 6.54 Å². The summed E-state index contributed by atoms with van der Waals surface area (Å²) < 4.78 is 0. The first-order valence-electron chi connectivity index (χ1n) is 5.17. The molecule has 0 amide bonds. The van der Waals surface area contributed by atoms with E-state index in [1.807, 2.05) is 0 Å². The van der Waals surface area contributed by atoms with Crippen molar-refractivity contribution in [2.45, 2.75) is 47.5 Å². The Hall–Kier alpha value is -0.0400. The van der Waals surface area contributed by atoms with Crippen molar-refractivity contribution in [2.24, 2.45) is 23.0 Å². The van der Waals surface area contributed by atoms with Crippen molar-refractivity contribution in [1.82, 2.24) is 0 Å². The van der Waals surface area contributed by atoms with Crippen molar-refractivity contribution >= 4 is 0 Å². The Bertz CT molecular complexity index is 109. The molecule has 0 saturated carbocycles. The third-order valence-electron chi connectivity index (χ3n) is 2.98. The summed E-state index contributed by atoms with van der Waals surface area (Å²) in [4.78, 5) is 0. The Morgan fingerprint density at radius 1 is 1.08 bits per heavy atom. The largest absolute Gasteiger partial charge is 0.330 e. The second-order valence-corrected chi connectivity index (χ2v) is 4.78. The predicted octanol–water partition coefficient (Wildman–Crippen LogP) is 3.04. The van der Waals surface area contributed by atoms with Crippen molar-refractivity contribution in [2.75, 3.05) is 6.54 Å². The molecule has 74 valence electrons. The highest BCUT2D eigenvalue weighted by Crippen LogP contribution is 2.34. The van der Waals surface area contributed by atoms with Crippen LogP contribution in [0.1, 0.15) is 47.5 Å². The molecule has 0 bridgehead atoms. The van der Waals surface area contributed by atoms with E-state index in [2.05, 4.69) is 34.6 Å². The smallest absolute Gasteiger partial charge is 0.00412 e. The van der Waals surface area contributed by atoms with E-state index in [1.54, 1.807) is 0 Å². The van der Waals surface area contributed by atoms with Gasteiger partial charge in [0.1, 0.15) is 0 Å². The van der Waals surface area contributed by atoms with Gasteiger partial charge >= 0.3 is 0 Å². The van der Waals surface area contributed by atoms with Crippen LogP contribution < -0.4 is 5.73 Å². The molecule has 0 rings (SSSR count). The summed E-state index contributed by atoms with van der Waals surface area (Å²) >= 11 is 0. The van der Waals surface area contributed by atoms with Gasteiger partial charge in [-0.25, -0.2) is 0 Å². The molecule has 0 spiro atoms. The number of nitrogens with two attached hydrogens (primary N) is 1. The molecule has 0 fully saturated rings. The molecular formula is C11H25N. The van der Waals surface area contributed by atoms with E-state index < -0.39 is 0 Å². The van der Waals surface area contributed by atoms with Crippen LogP contribution in [0, 0.1) is 17.3 Å². The molecule has 0 radical (unpaired) electrons. The van der Waals surface area contributed by atoms with Gasteiger partial charge in [-0.1, -0.05) is 47.5 Å². The highest BCUT2D eigenvalue weighted by atomic mass is 14.6. The molecule has 0 aliphatic carbocycles. The zero-order valence-corrected chi connectivity index (χ0v) is 9.35. The molecule has 0 saturated heterocycles. The average Bonchev–Trinajstić information content (AvgIpc) is 1.97. The molecule has 0 aromatic rings. The lowest BCUT2D eigenvalue weighted by atomic mass is 9.71. The van der Waals surface area contributed by atoms with Gasteiger partial charge in [0.15, 0.2) is 0 Å². The SMILES string of the molecule is CCC(CC)C(CN)C(C)(C)C. The Morgan fingerprint density at radius 2 is 1.50 bits per heavy atom. The molecule has 2 N–H and O–H groups in total. The topological polar surface area (TPSA) is 26.0 Å². The van der Waals surface area contributed by atoms with E-state index in [-0.39, 0.29) is 0 Å². The maximum atomic E-state index is 5.81. The lowest BCUT2D eigenvalue weighted by Gasteiger charge is -2.35. The number of hydrogen-bond acceptors (Lipinski definition) is 1. The Morgan fingerprint density at radius 3 is 1.58 bits per heavy atom. The van der Waals surface area contributed by atoms with Crippen LogP contribution in [0.3, 0.4) is 0 Å². The van der Waals surface area contributed by atoms with E-state index in [9.17, 15) is 0 Å². The Balaban J connectivity index is 4.31. The van der Waals surface area contributed by atoms with Gasteiger partial charge in [0.2, 0.25) is 0 Å². The molecule has 0 aromatic heterocycles. The minimum Gasteiger partial charge on any atom is -0.330 e. The lowest BCUT2D eigenvalue weighted by Crippen LogP contribution is -2.34. The minimum absolute atomic E-state index is 0.367.